The fourth-order valence-electron chi connectivity index (χ4n) is 1.55. The maximum atomic E-state index is 12.5. The third-order valence-corrected chi connectivity index (χ3v) is 2.55. The molecule has 6 heteroatoms. The van der Waals surface area contributed by atoms with E-state index in [4.69, 9.17) is 10.5 Å². The molecule has 0 heterocycles. The van der Waals surface area contributed by atoms with Crippen LogP contribution >= 0.6 is 0 Å². The average molecular weight is 229 g/mol. The molecule has 1 saturated carbocycles. The Kier molecular flexibility index (Phi) is 4.33. The Morgan fingerprint density at radius 1 is 1.20 bits per heavy atom. The molecule has 0 unspecified atom stereocenters. The van der Waals surface area contributed by atoms with Gasteiger partial charge in [0.15, 0.2) is 0 Å². The van der Waals surface area contributed by atoms with Crippen molar-refractivity contribution in [2.75, 3.05) is 6.61 Å². The number of halogens is 4. The minimum absolute atomic E-state index is 0.0838. The van der Waals surface area contributed by atoms with Crippen molar-refractivity contribution in [1.82, 2.24) is 0 Å². The van der Waals surface area contributed by atoms with E-state index in [1.807, 2.05) is 0 Å². The van der Waals surface area contributed by atoms with Crippen molar-refractivity contribution in [3.63, 3.8) is 0 Å². The van der Waals surface area contributed by atoms with Crippen LogP contribution in [0.5, 0.6) is 0 Å². The second-order valence-electron chi connectivity index (χ2n) is 3.91. The van der Waals surface area contributed by atoms with Crippen molar-refractivity contribution in [3.05, 3.63) is 0 Å². The van der Waals surface area contributed by atoms with E-state index in [-0.39, 0.29) is 12.1 Å². The Hall–Kier alpha value is -0.360. The maximum Gasteiger partial charge on any atom is 0.330 e. The van der Waals surface area contributed by atoms with Crippen molar-refractivity contribution in [3.8, 4) is 0 Å². The second kappa shape index (κ2) is 5.12. The first-order valence-corrected chi connectivity index (χ1v) is 4.95. The molecule has 0 atom stereocenters. The van der Waals surface area contributed by atoms with E-state index in [2.05, 4.69) is 0 Å². The van der Waals surface area contributed by atoms with Crippen LogP contribution in [0.1, 0.15) is 25.7 Å². The number of nitrogens with two attached hydrogens (primary N) is 1. The van der Waals surface area contributed by atoms with E-state index in [0.29, 0.717) is 25.7 Å². The number of ether oxygens (including phenoxy) is 1. The van der Waals surface area contributed by atoms with Gasteiger partial charge in [-0.1, -0.05) is 0 Å². The summed E-state index contributed by atoms with van der Waals surface area (Å²) in [5.41, 5.74) is 5.60. The summed E-state index contributed by atoms with van der Waals surface area (Å²) >= 11 is 0. The van der Waals surface area contributed by atoms with Gasteiger partial charge in [-0.15, -0.1) is 0 Å². The highest BCUT2D eigenvalue weighted by atomic mass is 19.3. The minimum Gasteiger partial charge on any atom is -0.372 e. The van der Waals surface area contributed by atoms with Crippen molar-refractivity contribution in [2.24, 2.45) is 5.73 Å². The number of rotatable bonds is 4. The third-order valence-electron chi connectivity index (χ3n) is 2.55. The predicted octanol–water partition coefficient (Wildman–Crippen LogP) is 2.17. The highest BCUT2D eigenvalue weighted by Gasteiger charge is 2.41. The smallest absolute Gasteiger partial charge is 0.330 e. The first kappa shape index (κ1) is 12.7. The lowest BCUT2D eigenvalue weighted by Gasteiger charge is -2.27. The quantitative estimate of drug-likeness (QED) is 0.750. The van der Waals surface area contributed by atoms with Crippen LogP contribution in [0.25, 0.3) is 0 Å². The predicted molar refractivity (Wildman–Crippen MR) is 47.1 cm³/mol. The Labute approximate surface area is 85.8 Å². The summed E-state index contributed by atoms with van der Waals surface area (Å²) < 4.78 is 53.3. The van der Waals surface area contributed by atoms with E-state index in [1.165, 1.54) is 0 Å². The lowest BCUT2D eigenvalue weighted by molar-refractivity contribution is -0.178. The van der Waals surface area contributed by atoms with Gasteiger partial charge >= 0.3 is 12.3 Å². The molecule has 1 fully saturated rings. The molecule has 1 aliphatic carbocycles. The van der Waals surface area contributed by atoms with Gasteiger partial charge in [-0.2, -0.15) is 8.78 Å². The van der Waals surface area contributed by atoms with Crippen LogP contribution in [-0.2, 0) is 4.74 Å². The Morgan fingerprint density at radius 2 is 1.73 bits per heavy atom. The van der Waals surface area contributed by atoms with Gasteiger partial charge in [-0.3, -0.25) is 0 Å². The minimum atomic E-state index is -4.04. The number of alkyl halides is 4. The van der Waals surface area contributed by atoms with Crippen LogP contribution < -0.4 is 5.73 Å². The molecule has 1 rings (SSSR count). The molecule has 15 heavy (non-hydrogen) atoms. The standard InChI is InChI=1S/C9H15F4NO/c10-8(11)9(12,13)5-15-7-3-1-6(14)2-4-7/h6-8H,1-5,14H2. The molecule has 0 radical (unpaired) electrons. The number of hydrogen-bond donors (Lipinski definition) is 1. The monoisotopic (exact) mass is 229 g/mol. The average Bonchev–Trinajstić information content (AvgIpc) is 2.17. The Bertz CT molecular complexity index is 193. The van der Waals surface area contributed by atoms with E-state index >= 15 is 0 Å². The molecular weight excluding hydrogens is 214 g/mol. The van der Waals surface area contributed by atoms with Crippen LogP contribution in [0.2, 0.25) is 0 Å². The van der Waals surface area contributed by atoms with Gasteiger partial charge in [0, 0.05) is 6.04 Å². The van der Waals surface area contributed by atoms with Crippen molar-refractivity contribution in [2.45, 2.75) is 50.2 Å². The highest BCUT2D eigenvalue weighted by Crippen LogP contribution is 2.26. The molecule has 0 bridgehead atoms. The topological polar surface area (TPSA) is 35.2 Å². The molecule has 90 valence electrons. The zero-order valence-electron chi connectivity index (χ0n) is 8.27. The van der Waals surface area contributed by atoms with Crippen LogP contribution in [0.3, 0.4) is 0 Å². The maximum absolute atomic E-state index is 12.5. The summed E-state index contributed by atoms with van der Waals surface area (Å²) in [6, 6.07) is 0.0838. The SMILES string of the molecule is NC1CCC(OCC(F)(F)C(F)F)CC1. The Balaban J connectivity index is 2.25. The summed E-state index contributed by atoms with van der Waals surface area (Å²) in [5.74, 6) is -4.04. The molecule has 0 aromatic heterocycles. The lowest BCUT2D eigenvalue weighted by Crippen LogP contribution is -2.37. The second-order valence-corrected chi connectivity index (χ2v) is 3.91. The van der Waals surface area contributed by atoms with Gasteiger partial charge in [0.05, 0.1) is 6.10 Å². The molecule has 0 aliphatic heterocycles. The summed E-state index contributed by atoms with van der Waals surface area (Å²) in [7, 11) is 0. The van der Waals surface area contributed by atoms with Gasteiger partial charge < -0.3 is 10.5 Å². The van der Waals surface area contributed by atoms with E-state index in [1.54, 1.807) is 0 Å². The fraction of sp³-hybridized carbons (Fsp3) is 1.00. The molecule has 0 saturated heterocycles. The van der Waals surface area contributed by atoms with E-state index in [0.717, 1.165) is 0 Å². The molecule has 2 nitrogen and oxygen atoms in total. The lowest BCUT2D eigenvalue weighted by atomic mass is 9.94. The third kappa shape index (κ3) is 3.95. The molecule has 0 aromatic rings. The van der Waals surface area contributed by atoms with Crippen molar-refractivity contribution >= 4 is 0 Å². The largest absolute Gasteiger partial charge is 0.372 e. The normalized spacial score (nSPS) is 28.4. The summed E-state index contributed by atoms with van der Waals surface area (Å²) in [4.78, 5) is 0. The first-order valence-electron chi connectivity index (χ1n) is 4.95. The molecule has 0 aromatic carbocycles. The van der Waals surface area contributed by atoms with Gasteiger partial charge in [0.25, 0.3) is 0 Å². The van der Waals surface area contributed by atoms with Crippen molar-refractivity contribution < 1.29 is 22.3 Å². The fourth-order valence-corrected chi connectivity index (χ4v) is 1.55. The van der Waals surface area contributed by atoms with Crippen molar-refractivity contribution in [1.29, 1.82) is 0 Å². The van der Waals surface area contributed by atoms with Crippen LogP contribution in [-0.4, -0.2) is 31.1 Å². The molecule has 0 spiro atoms. The van der Waals surface area contributed by atoms with Crippen LogP contribution in [0, 0.1) is 0 Å². The first-order chi connectivity index (χ1) is 6.92. The van der Waals surface area contributed by atoms with Crippen LogP contribution in [0.4, 0.5) is 17.6 Å². The van der Waals surface area contributed by atoms with E-state index in [9.17, 15) is 17.6 Å². The summed E-state index contributed by atoms with van der Waals surface area (Å²) in [6.45, 7) is -1.20. The summed E-state index contributed by atoms with van der Waals surface area (Å²) in [5, 5.41) is 0. The highest BCUT2D eigenvalue weighted by molar-refractivity contribution is 4.76. The zero-order chi connectivity index (χ0) is 11.5. The summed E-state index contributed by atoms with van der Waals surface area (Å²) in [6.07, 6.45) is -1.48. The zero-order valence-corrected chi connectivity index (χ0v) is 8.27. The molecule has 0 amide bonds. The number of hydrogen-bond acceptors (Lipinski definition) is 2. The van der Waals surface area contributed by atoms with Gasteiger partial charge in [-0.05, 0) is 25.7 Å². The Morgan fingerprint density at radius 3 is 2.20 bits per heavy atom. The van der Waals surface area contributed by atoms with Crippen LogP contribution in [0.15, 0.2) is 0 Å². The van der Waals surface area contributed by atoms with Gasteiger partial charge in [-0.25, -0.2) is 8.78 Å². The van der Waals surface area contributed by atoms with Gasteiger partial charge in [0.2, 0.25) is 0 Å². The van der Waals surface area contributed by atoms with E-state index < -0.39 is 19.0 Å². The molecule has 1 aliphatic rings. The molecule has 2 N–H and O–H groups in total. The molecular formula is C9H15F4NO. The van der Waals surface area contributed by atoms with Gasteiger partial charge in [0.1, 0.15) is 6.61 Å².